The summed E-state index contributed by atoms with van der Waals surface area (Å²) in [6.45, 7) is 1.26. The van der Waals surface area contributed by atoms with Crippen molar-refractivity contribution >= 4 is 0 Å². The predicted molar refractivity (Wildman–Crippen MR) is 60.2 cm³/mol. The number of hydrogen-bond acceptors (Lipinski definition) is 2. The zero-order chi connectivity index (χ0) is 9.80. The van der Waals surface area contributed by atoms with E-state index < -0.39 is 0 Å². The standard InChI is InChI=1S/C12H24N2/c13-11-5-7-12(8-6-11)14-9-10-3-1-2-4-10/h10-12,14H,1-9,13H2. The third-order valence-electron chi connectivity index (χ3n) is 3.94. The predicted octanol–water partition coefficient (Wildman–Crippen LogP) is 2.04. The molecule has 0 heterocycles. The van der Waals surface area contributed by atoms with Crippen LogP contribution in [0.25, 0.3) is 0 Å². The molecule has 0 amide bonds. The van der Waals surface area contributed by atoms with Gasteiger partial charge >= 0.3 is 0 Å². The van der Waals surface area contributed by atoms with Gasteiger partial charge in [0.1, 0.15) is 0 Å². The van der Waals surface area contributed by atoms with Crippen LogP contribution in [0.4, 0.5) is 0 Å². The Morgan fingerprint density at radius 3 is 2.21 bits per heavy atom. The lowest BCUT2D eigenvalue weighted by Gasteiger charge is -2.28. The first-order valence-corrected chi connectivity index (χ1v) is 6.33. The Morgan fingerprint density at radius 1 is 0.929 bits per heavy atom. The molecule has 2 rings (SSSR count). The molecule has 0 aliphatic heterocycles. The topological polar surface area (TPSA) is 38.0 Å². The summed E-state index contributed by atoms with van der Waals surface area (Å²) in [5, 5.41) is 3.73. The molecule has 0 radical (unpaired) electrons. The minimum atomic E-state index is 0.486. The summed E-state index contributed by atoms with van der Waals surface area (Å²) in [5.41, 5.74) is 5.89. The molecule has 0 aromatic carbocycles. The van der Waals surface area contributed by atoms with Gasteiger partial charge in [0.2, 0.25) is 0 Å². The molecule has 0 atom stereocenters. The fourth-order valence-corrected chi connectivity index (χ4v) is 2.87. The normalized spacial score (nSPS) is 34.9. The van der Waals surface area contributed by atoms with Gasteiger partial charge in [-0.25, -0.2) is 0 Å². The first kappa shape index (κ1) is 10.4. The molecule has 2 aliphatic carbocycles. The van der Waals surface area contributed by atoms with Crippen LogP contribution in [-0.4, -0.2) is 18.6 Å². The maximum Gasteiger partial charge on any atom is 0.00683 e. The molecule has 3 N–H and O–H groups in total. The molecular formula is C12H24N2. The van der Waals surface area contributed by atoms with Gasteiger partial charge in [-0.15, -0.1) is 0 Å². The third-order valence-corrected chi connectivity index (χ3v) is 3.94. The number of nitrogens with one attached hydrogen (secondary N) is 1. The molecule has 2 nitrogen and oxygen atoms in total. The van der Waals surface area contributed by atoms with E-state index in [0.717, 1.165) is 12.0 Å². The fourth-order valence-electron chi connectivity index (χ4n) is 2.87. The van der Waals surface area contributed by atoms with E-state index in [1.54, 1.807) is 0 Å². The Bertz CT molecular complexity index is 156. The van der Waals surface area contributed by atoms with Crippen molar-refractivity contribution in [2.75, 3.05) is 6.54 Å². The Labute approximate surface area is 87.6 Å². The van der Waals surface area contributed by atoms with Crippen molar-refractivity contribution in [2.45, 2.75) is 63.5 Å². The van der Waals surface area contributed by atoms with E-state index in [-0.39, 0.29) is 0 Å². The molecule has 82 valence electrons. The van der Waals surface area contributed by atoms with Crippen LogP contribution in [0.15, 0.2) is 0 Å². The average Bonchev–Trinajstić information content (AvgIpc) is 2.70. The molecular weight excluding hydrogens is 172 g/mol. The molecule has 0 bridgehead atoms. The second-order valence-corrected chi connectivity index (χ2v) is 5.17. The quantitative estimate of drug-likeness (QED) is 0.725. The summed E-state index contributed by atoms with van der Waals surface area (Å²) in [6, 6.07) is 1.26. The highest BCUT2D eigenvalue weighted by atomic mass is 14.9. The van der Waals surface area contributed by atoms with Crippen LogP contribution in [0, 0.1) is 5.92 Å². The lowest BCUT2D eigenvalue weighted by atomic mass is 9.91. The Hall–Kier alpha value is -0.0800. The van der Waals surface area contributed by atoms with Crippen LogP contribution in [0.1, 0.15) is 51.4 Å². The highest BCUT2D eigenvalue weighted by molar-refractivity contribution is 4.80. The zero-order valence-electron chi connectivity index (χ0n) is 9.17. The summed E-state index contributed by atoms with van der Waals surface area (Å²) in [5.74, 6) is 0.977. The monoisotopic (exact) mass is 196 g/mol. The van der Waals surface area contributed by atoms with Crippen LogP contribution in [0.5, 0.6) is 0 Å². The van der Waals surface area contributed by atoms with Crippen LogP contribution in [0.2, 0.25) is 0 Å². The van der Waals surface area contributed by atoms with E-state index in [1.165, 1.54) is 57.9 Å². The SMILES string of the molecule is NC1CCC(NCC2CCCC2)CC1. The van der Waals surface area contributed by atoms with Crippen molar-refractivity contribution in [1.29, 1.82) is 0 Å². The summed E-state index contributed by atoms with van der Waals surface area (Å²) in [6.07, 6.45) is 10.9. The molecule has 2 heteroatoms. The molecule has 0 aromatic rings. The average molecular weight is 196 g/mol. The van der Waals surface area contributed by atoms with Gasteiger partial charge in [-0.3, -0.25) is 0 Å². The van der Waals surface area contributed by atoms with Crippen LogP contribution < -0.4 is 11.1 Å². The van der Waals surface area contributed by atoms with Gasteiger partial charge in [-0.1, -0.05) is 12.8 Å². The van der Waals surface area contributed by atoms with Gasteiger partial charge in [0.25, 0.3) is 0 Å². The van der Waals surface area contributed by atoms with E-state index >= 15 is 0 Å². The number of hydrogen-bond donors (Lipinski definition) is 2. The van der Waals surface area contributed by atoms with Gasteiger partial charge in [0, 0.05) is 12.1 Å². The van der Waals surface area contributed by atoms with Crippen molar-refractivity contribution in [3.05, 3.63) is 0 Å². The van der Waals surface area contributed by atoms with E-state index in [9.17, 15) is 0 Å². The number of rotatable bonds is 3. The largest absolute Gasteiger partial charge is 0.328 e. The second-order valence-electron chi connectivity index (χ2n) is 5.17. The van der Waals surface area contributed by atoms with Gasteiger partial charge in [-0.05, 0) is 51.0 Å². The van der Waals surface area contributed by atoms with Crippen molar-refractivity contribution in [2.24, 2.45) is 11.7 Å². The number of nitrogens with two attached hydrogens (primary N) is 1. The van der Waals surface area contributed by atoms with Gasteiger partial charge in [0.05, 0.1) is 0 Å². The minimum Gasteiger partial charge on any atom is -0.328 e. The third kappa shape index (κ3) is 2.96. The highest BCUT2D eigenvalue weighted by Gasteiger charge is 2.20. The molecule has 0 aromatic heterocycles. The maximum absolute atomic E-state index is 5.89. The summed E-state index contributed by atoms with van der Waals surface area (Å²) >= 11 is 0. The lowest BCUT2D eigenvalue weighted by Crippen LogP contribution is -2.39. The summed E-state index contributed by atoms with van der Waals surface area (Å²) in [4.78, 5) is 0. The molecule has 0 spiro atoms. The summed E-state index contributed by atoms with van der Waals surface area (Å²) in [7, 11) is 0. The molecule has 14 heavy (non-hydrogen) atoms. The molecule has 0 saturated heterocycles. The van der Waals surface area contributed by atoms with E-state index in [4.69, 9.17) is 5.73 Å². The molecule has 2 fully saturated rings. The van der Waals surface area contributed by atoms with Gasteiger partial charge in [-0.2, -0.15) is 0 Å². The molecule has 0 unspecified atom stereocenters. The first-order chi connectivity index (χ1) is 6.84. The van der Waals surface area contributed by atoms with Crippen LogP contribution >= 0.6 is 0 Å². The minimum absolute atomic E-state index is 0.486. The van der Waals surface area contributed by atoms with E-state index in [0.29, 0.717) is 6.04 Å². The van der Waals surface area contributed by atoms with Crippen molar-refractivity contribution in [3.8, 4) is 0 Å². The highest BCUT2D eigenvalue weighted by Crippen LogP contribution is 2.24. The second kappa shape index (κ2) is 5.13. The Morgan fingerprint density at radius 2 is 1.57 bits per heavy atom. The molecule has 2 aliphatic rings. The molecule has 2 saturated carbocycles. The van der Waals surface area contributed by atoms with Gasteiger partial charge < -0.3 is 11.1 Å². The Kier molecular flexibility index (Phi) is 3.82. The van der Waals surface area contributed by atoms with Crippen LogP contribution in [-0.2, 0) is 0 Å². The zero-order valence-corrected chi connectivity index (χ0v) is 9.17. The summed E-state index contributed by atoms with van der Waals surface area (Å²) < 4.78 is 0. The maximum atomic E-state index is 5.89. The van der Waals surface area contributed by atoms with Gasteiger partial charge in [0.15, 0.2) is 0 Å². The van der Waals surface area contributed by atoms with Crippen molar-refractivity contribution in [3.63, 3.8) is 0 Å². The van der Waals surface area contributed by atoms with E-state index in [1.807, 2.05) is 0 Å². The smallest absolute Gasteiger partial charge is 0.00683 e. The van der Waals surface area contributed by atoms with Crippen LogP contribution in [0.3, 0.4) is 0 Å². The van der Waals surface area contributed by atoms with Crippen molar-refractivity contribution in [1.82, 2.24) is 5.32 Å². The lowest BCUT2D eigenvalue weighted by molar-refractivity contribution is 0.324. The van der Waals surface area contributed by atoms with E-state index in [2.05, 4.69) is 5.32 Å². The first-order valence-electron chi connectivity index (χ1n) is 6.33. The Balaban J connectivity index is 1.60. The fraction of sp³-hybridized carbons (Fsp3) is 1.00. The van der Waals surface area contributed by atoms with Crippen molar-refractivity contribution < 1.29 is 0 Å².